The molecule has 5 heteroatoms. The lowest BCUT2D eigenvalue weighted by atomic mass is 9.96. The average Bonchev–Trinajstić information content (AvgIpc) is 2.73. The van der Waals surface area contributed by atoms with Crippen LogP contribution in [0.25, 0.3) is 0 Å². The lowest BCUT2D eigenvalue weighted by molar-refractivity contribution is -0.138. The number of rotatable bonds is 8. The summed E-state index contributed by atoms with van der Waals surface area (Å²) in [4.78, 5) is 16.5. The number of carbonyl (C=O) groups is 1. The molecule has 0 aromatic heterocycles. The highest BCUT2D eigenvalue weighted by Crippen LogP contribution is 2.29. The maximum Gasteiger partial charge on any atom is 0.332 e. The Morgan fingerprint density at radius 2 is 1.55 bits per heavy atom. The van der Waals surface area contributed by atoms with Gasteiger partial charge in [0.15, 0.2) is 0 Å². The molecular weight excluding hydrogens is 362 g/mol. The number of carbonyl (C=O) groups excluding carboxylic acids is 1. The largest absolute Gasteiger partial charge is 0.462 e. The predicted molar refractivity (Wildman–Crippen MR) is 116 cm³/mol. The average molecular weight is 394 g/mol. The first-order valence-corrected chi connectivity index (χ1v) is 10.3. The highest BCUT2D eigenvalue weighted by molar-refractivity contribution is 5.82. The normalized spacial score (nSPS) is 16.1. The summed E-state index contributed by atoms with van der Waals surface area (Å²) in [5.41, 5.74) is 8.62. The third kappa shape index (κ3) is 6.44. The van der Waals surface area contributed by atoms with Gasteiger partial charge >= 0.3 is 5.97 Å². The Balaban J connectivity index is 1.52. The van der Waals surface area contributed by atoms with Crippen molar-refractivity contribution in [2.24, 2.45) is 5.73 Å². The zero-order chi connectivity index (χ0) is 20.5. The van der Waals surface area contributed by atoms with Crippen molar-refractivity contribution in [1.29, 1.82) is 0 Å². The van der Waals surface area contributed by atoms with E-state index >= 15 is 0 Å². The molecule has 0 unspecified atom stereocenters. The third-order valence-electron chi connectivity index (χ3n) is 5.21. The topological polar surface area (TPSA) is 58.8 Å². The van der Waals surface area contributed by atoms with Crippen molar-refractivity contribution < 1.29 is 9.53 Å². The molecule has 0 radical (unpaired) electrons. The molecule has 3 rings (SSSR count). The van der Waals surface area contributed by atoms with E-state index in [9.17, 15) is 4.79 Å². The van der Waals surface area contributed by atoms with Crippen LogP contribution in [0.15, 0.2) is 72.4 Å². The van der Waals surface area contributed by atoms with Gasteiger partial charge in [0, 0.05) is 44.5 Å². The quantitative estimate of drug-likeness (QED) is 0.424. The number of nitrogens with two attached hydrogens (primary N) is 1. The summed E-state index contributed by atoms with van der Waals surface area (Å²) < 4.78 is 5.19. The second-order valence-corrected chi connectivity index (χ2v) is 7.51. The van der Waals surface area contributed by atoms with Crippen LogP contribution in [0.2, 0.25) is 0 Å². The zero-order valence-corrected chi connectivity index (χ0v) is 17.2. The van der Waals surface area contributed by atoms with Crippen molar-refractivity contribution in [2.75, 3.05) is 39.3 Å². The highest BCUT2D eigenvalue weighted by atomic mass is 16.5. The first-order chi connectivity index (χ1) is 14.1. The number of hydrogen-bond donors (Lipinski definition) is 1. The van der Waals surface area contributed by atoms with E-state index in [1.807, 2.05) is 0 Å². The van der Waals surface area contributed by atoms with Gasteiger partial charge in [0.1, 0.15) is 0 Å². The minimum Gasteiger partial charge on any atom is -0.462 e. The molecule has 2 aromatic carbocycles. The Labute approximate surface area is 173 Å². The minimum absolute atomic E-state index is 0.284. The molecule has 0 bridgehead atoms. The Morgan fingerprint density at radius 3 is 2.07 bits per heavy atom. The smallest absolute Gasteiger partial charge is 0.332 e. The molecule has 154 valence electrons. The summed E-state index contributed by atoms with van der Waals surface area (Å²) in [6.07, 6.45) is 2.16. The van der Waals surface area contributed by atoms with Crippen LogP contribution in [-0.2, 0) is 9.53 Å². The van der Waals surface area contributed by atoms with Gasteiger partial charge in [-0.25, -0.2) is 4.79 Å². The van der Waals surface area contributed by atoms with Gasteiger partial charge in [-0.3, -0.25) is 4.90 Å². The maximum absolute atomic E-state index is 11.5. The summed E-state index contributed by atoms with van der Waals surface area (Å²) in [5, 5.41) is 0. The monoisotopic (exact) mass is 393 g/mol. The summed E-state index contributed by atoms with van der Waals surface area (Å²) >= 11 is 0. The van der Waals surface area contributed by atoms with Crippen molar-refractivity contribution >= 4 is 5.97 Å². The van der Waals surface area contributed by atoms with Crippen LogP contribution >= 0.6 is 0 Å². The molecule has 29 heavy (non-hydrogen) atoms. The van der Waals surface area contributed by atoms with Gasteiger partial charge in [0.05, 0.1) is 12.6 Å². The van der Waals surface area contributed by atoms with E-state index in [0.717, 1.165) is 39.1 Å². The van der Waals surface area contributed by atoms with E-state index in [4.69, 9.17) is 10.5 Å². The SMILES string of the molecule is C/C(N)=C/C(=O)OCCCN1CCN(C(c2ccccc2)c2ccccc2)CC1. The number of benzene rings is 2. The van der Waals surface area contributed by atoms with E-state index in [1.165, 1.54) is 17.2 Å². The fourth-order valence-corrected chi connectivity index (χ4v) is 3.82. The molecule has 0 atom stereocenters. The number of esters is 1. The second kappa shape index (κ2) is 10.8. The lowest BCUT2D eigenvalue weighted by Gasteiger charge is -2.39. The third-order valence-corrected chi connectivity index (χ3v) is 5.21. The Kier molecular flexibility index (Phi) is 7.85. The molecule has 0 aliphatic carbocycles. The minimum atomic E-state index is -0.358. The van der Waals surface area contributed by atoms with Crippen LogP contribution in [0.3, 0.4) is 0 Å². The van der Waals surface area contributed by atoms with Gasteiger partial charge in [-0.2, -0.15) is 0 Å². The summed E-state index contributed by atoms with van der Waals surface area (Å²) in [6.45, 7) is 7.12. The summed E-state index contributed by atoms with van der Waals surface area (Å²) in [7, 11) is 0. The first-order valence-electron chi connectivity index (χ1n) is 10.3. The van der Waals surface area contributed by atoms with Crippen LogP contribution in [-0.4, -0.2) is 55.1 Å². The second-order valence-electron chi connectivity index (χ2n) is 7.51. The molecule has 2 N–H and O–H groups in total. The molecule has 2 aromatic rings. The van der Waals surface area contributed by atoms with Crippen LogP contribution in [0.4, 0.5) is 0 Å². The van der Waals surface area contributed by atoms with E-state index in [0.29, 0.717) is 12.3 Å². The number of nitrogens with zero attached hydrogens (tertiary/aromatic N) is 2. The van der Waals surface area contributed by atoms with Gasteiger partial charge in [0.2, 0.25) is 0 Å². The van der Waals surface area contributed by atoms with Crippen LogP contribution in [0.5, 0.6) is 0 Å². The molecule has 1 heterocycles. The van der Waals surface area contributed by atoms with E-state index < -0.39 is 0 Å². The number of allylic oxidation sites excluding steroid dienone is 1. The van der Waals surface area contributed by atoms with Crippen LogP contribution < -0.4 is 5.73 Å². The molecular formula is C24H31N3O2. The zero-order valence-electron chi connectivity index (χ0n) is 17.2. The van der Waals surface area contributed by atoms with Crippen molar-refractivity contribution in [3.8, 4) is 0 Å². The Bertz CT molecular complexity index is 741. The fraction of sp³-hybridized carbons (Fsp3) is 0.375. The van der Waals surface area contributed by atoms with Crippen molar-refractivity contribution in [3.05, 3.63) is 83.6 Å². The number of hydrogen-bond acceptors (Lipinski definition) is 5. The Morgan fingerprint density at radius 1 is 1.00 bits per heavy atom. The molecule has 5 nitrogen and oxygen atoms in total. The van der Waals surface area contributed by atoms with E-state index in [1.54, 1.807) is 6.92 Å². The van der Waals surface area contributed by atoms with Gasteiger partial charge in [-0.05, 0) is 24.5 Å². The molecule has 1 saturated heterocycles. The lowest BCUT2D eigenvalue weighted by Crippen LogP contribution is -2.48. The van der Waals surface area contributed by atoms with Crippen molar-refractivity contribution in [1.82, 2.24) is 9.80 Å². The molecule has 1 fully saturated rings. The van der Waals surface area contributed by atoms with Crippen molar-refractivity contribution in [3.63, 3.8) is 0 Å². The van der Waals surface area contributed by atoms with Gasteiger partial charge in [-0.15, -0.1) is 0 Å². The number of piperazine rings is 1. The molecule has 0 saturated carbocycles. The standard InChI is InChI=1S/C24H31N3O2/c1-20(25)19-23(28)29-18-8-13-26-14-16-27(17-15-26)24(21-9-4-2-5-10-21)22-11-6-3-7-12-22/h2-7,9-12,19,24H,8,13-18,25H2,1H3/b20-19-. The highest BCUT2D eigenvalue weighted by Gasteiger charge is 2.26. The predicted octanol–water partition coefficient (Wildman–Crippen LogP) is 3.19. The molecule has 1 aliphatic heterocycles. The summed E-state index contributed by atoms with van der Waals surface area (Å²) in [6, 6.07) is 21.8. The first kappa shape index (κ1) is 21.1. The summed E-state index contributed by atoms with van der Waals surface area (Å²) in [5.74, 6) is -0.358. The molecule has 0 spiro atoms. The van der Waals surface area contributed by atoms with Gasteiger partial charge < -0.3 is 15.4 Å². The Hall–Kier alpha value is -2.63. The molecule has 0 amide bonds. The van der Waals surface area contributed by atoms with E-state index in [2.05, 4.69) is 70.5 Å². The maximum atomic E-state index is 11.5. The molecule has 1 aliphatic rings. The number of ether oxygens (including phenoxy) is 1. The van der Waals surface area contributed by atoms with Gasteiger partial charge in [0.25, 0.3) is 0 Å². The fourth-order valence-electron chi connectivity index (χ4n) is 3.82. The van der Waals surface area contributed by atoms with E-state index in [-0.39, 0.29) is 12.0 Å². The van der Waals surface area contributed by atoms with Crippen LogP contribution in [0.1, 0.15) is 30.5 Å². The van der Waals surface area contributed by atoms with Gasteiger partial charge in [-0.1, -0.05) is 60.7 Å². The van der Waals surface area contributed by atoms with Crippen molar-refractivity contribution in [2.45, 2.75) is 19.4 Å². The van der Waals surface area contributed by atoms with Crippen LogP contribution in [0, 0.1) is 0 Å².